The summed E-state index contributed by atoms with van der Waals surface area (Å²) in [5, 5.41) is 4.98. The number of amides is 1. The van der Waals surface area contributed by atoms with E-state index >= 15 is 0 Å². The molecule has 2 heterocycles. The van der Waals surface area contributed by atoms with Crippen LogP contribution in [0.5, 0.6) is 0 Å². The maximum Gasteiger partial charge on any atom is 0.338 e. The minimum atomic E-state index is -0.718. The zero-order valence-electron chi connectivity index (χ0n) is 22.0. The topological polar surface area (TPSA) is 63.6 Å². The van der Waals surface area contributed by atoms with E-state index in [1.807, 2.05) is 54.1 Å². The van der Waals surface area contributed by atoms with E-state index in [9.17, 15) is 9.59 Å². The quantitative estimate of drug-likeness (QED) is 0.258. The number of benzene rings is 3. The Kier molecular flexibility index (Phi) is 7.98. The molecule has 1 saturated heterocycles. The van der Waals surface area contributed by atoms with E-state index in [1.54, 1.807) is 25.1 Å². The molecule has 1 N–H and O–H groups in total. The van der Waals surface area contributed by atoms with Gasteiger partial charge in [0.05, 0.1) is 27.8 Å². The number of nitrogens with zero attached hydrogens (tertiary/aromatic N) is 2. The second kappa shape index (κ2) is 11.4. The molecule has 8 heteroatoms. The lowest BCUT2D eigenvalue weighted by Crippen LogP contribution is -2.56. The molecule has 3 aromatic carbocycles. The van der Waals surface area contributed by atoms with Crippen LogP contribution >= 0.6 is 23.2 Å². The molecule has 0 aliphatic carbocycles. The number of carbonyl (C=O) groups excluding carboxylic acids is 2. The van der Waals surface area contributed by atoms with Crippen molar-refractivity contribution in [3.63, 3.8) is 0 Å². The highest BCUT2D eigenvalue weighted by Crippen LogP contribution is 2.35. The lowest BCUT2D eigenvalue weighted by atomic mass is 9.81. The number of hydrogen-bond acceptors (Lipinski definition) is 4. The van der Waals surface area contributed by atoms with Gasteiger partial charge < -0.3 is 14.6 Å². The molecule has 1 unspecified atom stereocenters. The fourth-order valence-electron chi connectivity index (χ4n) is 5.54. The first-order valence-electron chi connectivity index (χ1n) is 13.1. The monoisotopic (exact) mass is 563 g/mol. The van der Waals surface area contributed by atoms with Crippen molar-refractivity contribution in [3.05, 3.63) is 105 Å². The highest BCUT2D eigenvalue weighted by molar-refractivity contribution is 6.45. The standard InChI is InChI=1S/C31H31Cl2N3O3/c1-3-39-30(38)22-11-7-12-23(17-22)31(15-8-16-36(20-31)19-21-9-5-4-6-10-21)34-29(37)27-18-24-26(35(27)2)14-13-25(32)28(24)33/h4-7,9-14,17-18H,3,8,15-16,19-20H2,1-2H3,(H,34,37). The van der Waals surface area contributed by atoms with Gasteiger partial charge in [-0.15, -0.1) is 0 Å². The van der Waals surface area contributed by atoms with Crippen molar-refractivity contribution < 1.29 is 14.3 Å². The van der Waals surface area contributed by atoms with Gasteiger partial charge in [-0.3, -0.25) is 9.69 Å². The fraction of sp³-hybridized carbons (Fsp3) is 0.290. The third-order valence-corrected chi connectivity index (χ3v) is 8.26. The summed E-state index contributed by atoms with van der Waals surface area (Å²) < 4.78 is 7.09. The normalized spacial score (nSPS) is 17.7. The molecule has 1 amide bonds. The van der Waals surface area contributed by atoms with Crippen LogP contribution in [0.4, 0.5) is 0 Å². The summed E-state index contributed by atoms with van der Waals surface area (Å²) in [6.45, 7) is 4.35. The first-order chi connectivity index (χ1) is 18.8. The van der Waals surface area contributed by atoms with Crippen LogP contribution in [0.25, 0.3) is 10.9 Å². The Morgan fingerprint density at radius 1 is 1.03 bits per heavy atom. The van der Waals surface area contributed by atoms with Gasteiger partial charge in [-0.25, -0.2) is 4.79 Å². The molecule has 1 aliphatic heterocycles. The van der Waals surface area contributed by atoms with Crippen molar-refractivity contribution in [2.24, 2.45) is 7.05 Å². The molecule has 0 bridgehead atoms. The van der Waals surface area contributed by atoms with Crippen molar-refractivity contribution >= 4 is 46.0 Å². The van der Waals surface area contributed by atoms with Gasteiger partial charge in [0.25, 0.3) is 5.91 Å². The van der Waals surface area contributed by atoms with Gasteiger partial charge in [0.15, 0.2) is 0 Å². The second-order valence-corrected chi connectivity index (χ2v) is 10.8. The molecule has 1 aromatic heterocycles. The smallest absolute Gasteiger partial charge is 0.338 e. The molecule has 0 saturated carbocycles. The summed E-state index contributed by atoms with van der Waals surface area (Å²) in [4.78, 5) is 28.9. The van der Waals surface area contributed by atoms with Crippen LogP contribution in [-0.2, 0) is 23.9 Å². The Morgan fingerprint density at radius 3 is 2.59 bits per heavy atom. The lowest BCUT2D eigenvalue weighted by molar-refractivity contribution is 0.0526. The Hall–Kier alpha value is -3.32. The van der Waals surface area contributed by atoms with Crippen molar-refractivity contribution in [2.45, 2.75) is 31.8 Å². The number of nitrogens with one attached hydrogen (secondary N) is 1. The van der Waals surface area contributed by atoms with Gasteiger partial charge in [0.2, 0.25) is 0 Å². The molecule has 1 fully saturated rings. The summed E-state index contributed by atoms with van der Waals surface area (Å²) in [6, 6.07) is 23.1. The maximum absolute atomic E-state index is 13.9. The number of ether oxygens (including phenoxy) is 1. The molecule has 0 radical (unpaired) electrons. The molecule has 0 spiro atoms. The maximum atomic E-state index is 13.9. The summed E-state index contributed by atoms with van der Waals surface area (Å²) in [6.07, 6.45) is 1.61. The molecule has 5 rings (SSSR count). The van der Waals surface area contributed by atoms with Crippen LogP contribution in [0, 0.1) is 0 Å². The summed E-state index contributed by atoms with van der Waals surface area (Å²) >= 11 is 12.7. The molecule has 1 atom stereocenters. The second-order valence-electron chi connectivity index (χ2n) is 10.0. The number of rotatable bonds is 7. The number of piperidine rings is 1. The van der Waals surface area contributed by atoms with Gasteiger partial charge in [-0.05, 0) is 67.8 Å². The van der Waals surface area contributed by atoms with Crippen LogP contribution in [0.3, 0.4) is 0 Å². The molecular formula is C31H31Cl2N3O3. The van der Waals surface area contributed by atoms with E-state index in [2.05, 4.69) is 22.3 Å². The van der Waals surface area contributed by atoms with Crippen LogP contribution in [0.15, 0.2) is 72.8 Å². The highest BCUT2D eigenvalue weighted by Gasteiger charge is 2.39. The SMILES string of the molecule is CCOC(=O)c1cccc(C2(NC(=O)c3cc4c(Cl)c(Cl)ccc4n3C)CCCN(Cc3ccccc3)C2)c1. The van der Waals surface area contributed by atoms with Gasteiger partial charge in [-0.1, -0.05) is 65.7 Å². The Morgan fingerprint density at radius 2 is 1.82 bits per heavy atom. The van der Waals surface area contributed by atoms with Crippen molar-refractivity contribution in [3.8, 4) is 0 Å². The number of hydrogen-bond donors (Lipinski definition) is 1. The average Bonchev–Trinajstić information content (AvgIpc) is 3.28. The van der Waals surface area contributed by atoms with Crippen LogP contribution < -0.4 is 5.32 Å². The van der Waals surface area contributed by atoms with E-state index < -0.39 is 5.54 Å². The predicted octanol–water partition coefficient (Wildman–Crippen LogP) is 6.58. The number of aromatic nitrogens is 1. The highest BCUT2D eigenvalue weighted by atomic mass is 35.5. The van der Waals surface area contributed by atoms with E-state index in [1.165, 1.54) is 5.56 Å². The number of aryl methyl sites for hydroxylation is 1. The lowest BCUT2D eigenvalue weighted by Gasteiger charge is -2.44. The van der Waals surface area contributed by atoms with E-state index in [4.69, 9.17) is 27.9 Å². The van der Waals surface area contributed by atoms with Gasteiger partial charge in [0, 0.05) is 31.0 Å². The number of fused-ring (bicyclic) bond motifs is 1. The summed E-state index contributed by atoms with van der Waals surface area (Å²) in [7, 11) is 1.85. The first kappa shape index (κ1) is 27.3. The Balaban J connectivity index is 1.53. The van der Waals surface area contributed by atoms with E-state index in [0.717, 1.165) is 42.4 Å². The van der Waals surface area contributed by atoms with Gasteiger partial charge >= 0.3 is 5.97 Å². The first-order valence-corrected chi connectivity index (χ1v) is 13.9. The van der Waals surface area contributed by atoms with Crippen molar-refractivity contribution in [1.82, 2.24) is 14.8 Å². The zero-order valence-corrected chi connectivity index (χ0v) is 23.6. The van der Waals surface area contributed by atoms with Crippen LogP contribution in [0.1, 0.15) is 51.7 Å². The third-order valence-electron chi connectivity index (χ3n) is 7.45. The number of halogens is 2. The van der Waals surface area contributed by atoms with E-state index in [0.29, 0.717) is 34.5 Å². The van der Waals surface area contributed by atoms with E-state index in [-0.39, 0.29) is 11.9 Å². The predicted molar refractivity (Wildman–Crippen MR) is 155 cm³/mol. The zero-order chi connectivity index (χ0) is 27.6. The molecule has 4 aromatic rings. The third kappa shape index (κ3) is 5.55. The largest absolute Gasteiger partial charge is 0.462 e. The molecule has 6 nitrogen and oxygen atoms in total. The minimum absolute atomic E-state index is 0.219. The van der Waals surface area contributed by atoms with Crippen molar-refractivity contribution in [2.75, 3.05) is 19.7 Å². The molecule has 1 aliphatic rings. The molecular weight excluding hydrogens is 533 g/mol. The molecule has 39 heavy (non-hydrogen) atoms. The van der Waals surface area contributed by atoms with Crippen LogP contribution in [0.2, 0.25) is 10.0 Å². The molecule has 202 valence electrons. The number of likely N-dealkylation sites (tertiary alicyclic amines) is 1. The summed E-state index contributed by atoms with van der Waals surface area (Å²) in [5.74, 6) is -0.595. The summed E-state index contributed by atoms with van der Waals surface area (Å²) in [5.41, 5.74) is 3.13. The van der Waals surface area contributed by atoms with Crippen LogP contribution in [-0.4, -0.2) is 41.0 Å². The van der Waals surface area contributed by atoms with Crippen molar-refractivity contribution in [1.29, 1.82) is 0 Å². The fourth-order valence-corrected chi connectivity index (χ4v) is 5.92. The number of esters is 1. The Labute approximate surface area is 238 Å². The number of carbonyl (C=O) groups is 2. The Bertz CT molecular complexity index is 1520. The van der Waals surface area contributed by atoms with Gasteiger partial charge in [-0.2, -0.15) is 0 Å². The average molecular weight is 565 g/mol. The minimum Gasteiger partial charge on any atom is -0.462 e. The van der Waals surface area contributed by atoms with Gasteiger partial charge in [0.1, 0.15) is 5.69 Å².